The average Bonchev–Trinajstić information content (AvgIpc) is 3.13. The number of benzene rings is 2. The molecular weight excluding hydrogens is 348 g/mol. The maximum absolute atomic E-state index is 13.4. The topological polar surface area (TPSA) is 52.2 Å². The van der Waals surface area contributed by atoms with E-state index in [2.05, 4.69) is 36.2 Å². The molecule has 1 N–H and O–H groups in total. The Morgan fingerprint density at radius 1 is 1.11 bits per heavy atom. The van der Waals surface area contributed by atoms with Gasteiger partial charge in [0.15, 0.2) is 0 Å². The lowest BCUT2D eigenvalue weighted by Crippen LogP contribution is -2.43. The molecule has 0 radical (unpaired) electrons. The van der Waals surface area contributed by atoms with E-state index in [9.17, 15) is 4.79 Å². The molecule has 5 nitrogen and oxygen atoms in total. The van der Waals surface area contributed by atoms with E-state index in [0.29, 0.717) is 13.1 Å². The lowest BCUT2D eigenvalue weighted by molar-refractivity contribution is -0.137. The molecule has 28 heavy (non-hydrogen) atoms. The highest BCUT2D eigenvalue weighted by Crippen LogP contribution is 2.27. The number of rotatable bonds is 4. The summed E-state index contributed by atoms with van der Waals surface area (Å²) in [7, 11) is 3.92. The van der Waals surface area contributed by atoms with Crippen LogP contribution >= 0.6 is 0 Å². The molecule has 1 aromatic heterocycles. The Morgan fingerprint density at radius 2 is 1.82 bits per heavy atom. The first-order valence-electron chi connectivity index (χ1n) is 9.68. The van der Waals surface area contributed by atoms with Gasteiger partial charge in [0.2, 0.25) is 5.91 Å². The van der Waals surface area contributed by atoms with Crippen molar-refractivity contribution >= 4 is 5.91 Å². The van der Waals surface area contributed by atoms with Crippen LogP contribution in [0.25, 0.3) is 11.4 Å². The van der Waals surface area contributed by atoms with Crippen LogP contribution in [0.5, 0.6) is 0 Å². The molecule has 0 aliphatic carbocycles. The lowest BCUT2D eigenvalue weighted by atomic mass is 10.0. The van der Waals surface area contributed by atoms with Crippen LogP contribution in [0, 0.1) is 6.92 Å². The molecule has 0 fully saturated rings. The molecule has 1 atom stereocenters. The zero-order chi connectivity index (χ0) is 19.7. The zero-order valence-corrected chi connectivity index (χ0v) is 16.6. The van der Waals surface area contributed by atoms with E-state index in [1.54, 1.807) is 0 Å². The van der Waals surface area contributed by atoms with Crippen LogP contribution in [0.4, 0.5) is 0 Å². The normalized spacial score (nSPS) is 14.8. The van der Waals surface area contributed by atoms with Gasteiger partial charge in [-0.1, -0.05) is 60.2 Å². The highest BCUT2D eigenvalue weighted by Gasteiger charge is 2.31. The molecule has 1 unspecified atom stereocenters. The van der Waals surface area contributed by atoms with E-state index in [1.165, 1.54) is 5.56 Å². The van der Waals surface area contributed by atoms with Crippen LogP contribution in [-0.2, 0) is 17.8 Å². The molecule has 144 valence electrons. The minimum Gasteiger partial charge on any atom is -0.340 e. The number of nitrogens with zero attached hydrogens (tertiary/aromatic N) is 3. The van der Waals surface area contributed by atoms with Crippen molar-refractivity contribution in [2.24, 2.45) is 0 Å². The maximum atomic E-state index is 13.4. The van der Waals surface area contributed by atoms with Gasteiger partial charge in [-0.05, 0) is 26.6 Å². The largest absolute Gasteiger partial charge is 0.340 e. The number of carbonyl (C=O) groups is 1. The van der Waals surface area contributed by atoms with Gasteiger partial charge >= 0.3 is 0 Å². The second-order valence-corrected chi connectivity index (χ2v) is 7.66. The van der Waals surface area contributed by atoms with Crippen LogP contribution in [-0.4, -0.2) is 46.3 Å². The Labute approximate surface area is 166 Å². The minimum atomic E-state index is -0.279. The summed E-state index contributed by atoms with van der Waals surface area (Å²) >= 11 is 0. The fraction of sp³-hybridized carbons (Fsp3) is 0.304. The highest BCUT2D eigenvalue weighted by atomic mass is 16.2. The molecule has 2 aromatic carbocycles. The Hall–Kier alpha value is -2.92. The number of hydrogen-bond acceptors (Lipinski definition) is 3. The van der Waals surface area contributed by atoms with E-state index >= 15 is 0 Å². The second kappa shape index (κ2) is 7.60. The SMILES string of the molecule is Cc1ccc(C(C(=O)N2CCc3nc(-c4ccccc4)[nH]c3C2)N(C)C)cc1. The van der Waals surface area contributed by atoms with Crippen molar-refractivity contribution in [3.8, 4) is 11.4 Å². The van der Waals surface area contributed by atoms with E-state index in [4.69, 9.17) is 4.98 Å². The maximum Gasteiger partial charge on any atom is 0.244 e. The Morgan fingerprint density at radius 3 is 2.50 bits per heavy atom. The van der Waals surface area contributed by atoms with Crippen molar-refractivity contribution in [1.29, 1.82) is 0 Å². The molecule has 0 saturated carbocycles. The number of fused-ring (bicyclic) bond motifs is 1. The third-order valence-electron chi connectivity index (χ3n) is 5.33. The van der Waals surface area contributed by atoms with E-state index in [0.717, 1.165) is 34.8 Å². The van der Waals surface area contributed by atoms with Gasteiger partial charge in [0.25, 0.3) is 0 Å². The van der Waals surface area contributed by atoms with Gasteiger partial charge in [-0.25, -0.2) is 4.98 Å². The quantitative estimate of drug-likeness (QED) is 0.760. The third kappa shape index (κ3) is 3.58. The number of likely N-dealkylation sites (N-methyl/N-ethyl adjacent to an activating group) is 1. The molecule has 0 spiro atoms. The van der Waals surface area contributed by atoms with Crippen molar-refractivity contribution in [3.63, 3.8) is 0 Å². The second-order valence-electron chi connectivity index (χ2n) is 7.66. The fourth-order valence-electron chi connectivity index (χ4n) is 3.80. The van der Waals surface area contributed by atoms with Crippen molar-refractivity contribution in [1.82, 2.24) is 19.8 Å². The number of nitrogens with one attached hydrogen (secondary N) is 1. The van der Waals surface area contributed by atoms with Gasteiger partial charge in [0.05, 0.1) is 17.9 Å². The summed E-state index contributed by atoms with van der Waals surface area (Å²) in [6.45, 7) is 3.33. The van der Waals surface area contributed by atoms with Crippen molar-refractivity contribution in [2.75, 3.05) is 20.6 Å². The van der Waals surface area contributed by atoms with Crippen LogP contribution in [0.2, 0.25) is 0 Å². The van der Waals surface area contributed by atoms with E-state index in [1.807, 2.05) is 54.2 Å². The number of carbonyl (C=O) groups excluding carboxylic acids is 1. The molecule has 1 aliphatic rings. The Balaban J connectivity index is 1.56. The molecule has 0 saturated heterocycles. The summed E-state index contributed by atoms with van der Waals surface area (Å²) < 4.78 is 0. The minimum absolute atomic E-state index is 0.135. The first kappa shape index (κ1) is 18.4. The smallest absolute Gasteiger partial charge is 0.244 e. The molecule has 2 heterocycles. The predicted molar refractivity (Wildman–Crippen MR) is 111 cm³/mol. The van der Waals surface area contributed by atoms with E-state index < -0.39 is 0 Å². The van der Waals surface area contributed by atoms with Gasteiger partial charge < -0.3 is 9.88 Å². The summed E-state index contributed by atoms with van der Waals surface area (Å²) in [5, 5.41) is 0. The third-order valence-corrected chi connectivity index (χ3v) is 5.33. The number of hydrogen-bond donors (Lipinski definition) is 1. The Kier molecular flexibility index (Phi) is 5.01. The first-order valence-corrected chi connectivity index (χ1v) is 9.68. The van der Waals surface area contributed by atoms with Crippen molar-refractivity contribution < 1.29 is 4.79 Å². The Bertz CT molecular complexity index is 960. The molecule has 3 aromatic rings. The number of amides is 1. The number of H-pyrrole nitrogens is 1. The van der Waals surface area contributed by atoms with Crippen LogP contribution < -0.4 is 0 Å². The number of aromatic amines is 1. The molecule has 1 amide bonds. The molecule has 5 heteroatoms. The summed E-state index contributed by atoms with van der Waals surface area (Å²) in [4.78, 5) is 25.5. The van der Waals surface area contributed by atoms with Gasteiger partial charge in [-0.15, -0.1) is 0 Å². The lowest BCUT2D eigenvalue weighted by Gasteiger charge is -2.33. The summed E-state index contributed by atoms with van der Waals surface area (Å²) in [5.41, 5.74) is 5.41. The van der Waals surface area contributed by atoms with Gasteiger partial charge in [-0.3, -0.25) is 9.69 Å². The van der Waals surface area contributed by atoms with Gasteiger partial charge in [0, 0.05) is 18.5 Å². The number of imidazole rings is 1. The fourth-order valence-corrected chi connectivity index (χ4v) is 3.80. The summed E-state index contributed by atoms with van der Waals surface area (Å²) in [6.07, 6.45) is 0.776. The van der Waals surface area contributed by atoms with Gasteiger partial charge in [0.1, 0.15) is 11.9 Å². The molecule has 4 rings (SSSR count). The number of aromatic nitrogens is 2. The van der Waals surface area contributed by atoms with Crippen LogP contribution in [0.1, 0.15) is 28.6 Å². The van der Waals surface area contributed by atoms with Crippen LogP contribution in [0.3, 0.4) is 0 Å². The highest BCUT2D eigenvalue weighted by molar-refractivity contribution is 5.83. The van der Waals surface area contributed by atoms with Crippen molar-refractivity contribution in [2.45, 2.75) is 25.9 Å². The van der Waals surface area contributed by atoms with Crippen molar-refractivity contribution in [3.05, 3.63) is 77.1 Å². The zero-order valence-electron chi connectivity index (χ0n) is 16.6. The predicted octanol–water partition coefficient (Wildman–Crippen LogP) is 3.57. The van der Waals surface area contributed by atoms with Crippen LogP contribution in [0.15, 0.2) is 54.6 Å². The van der Waals surface area contributed by atoms with E-state index in [-0.39, 0.29) is 11.9 Å². The molecule has 1 aliphatic heterocycles. The summed E-state index contributed by atoms with van der Waals surface area (Å²) in [5.74, 6) is 1.01. The standard InChI is InChI=1S/C23H26N4O/c1-16-9-11-17(12-10-16)21(26(2)3)23(28)27-14-13-19-20(15-27)25-22(24-19)18-7-5-4-6-8-18/h4-12,21H,13-15H2,1-3H3,(H,24,25). The number of aryl methyl sites for hydroxylation is 1. The average molecular weight is 374 g/mol. The van der Waals surface area contributed by atoms with Gasteiger partial charge in [-0.2, -0.15) is 0 Å². The molecular formula is C23H26N4O. The monoisotopic (exact) mass is 374 g/mol. The molecule has 0 bridgehead atoms. The summed E-state index contributed by atoms with van der Waals surface area (Å²) in [6, 6.07) is 18.1. The first-order chi connectivity index (χ1) is 13.5.